The summed E-state index contributed by atoms with van der Waals surface area (Å²) in [6.07, 6.45) is 2.29. The fraction of sp³-hybridized carbons (Fsp3) is 0.357. The molecular weight excluding hydrogens is 264 g/mol. The van der Waals surface area contributed by atoms with E-state index in [9.17, 15) is 0 Å². The number of aromatic nitrogens is 1. The topological polar surface area (TPSA) is 68.4 Å². The fourth-order valence-corrected chi connectivity index (χ4v) is 1.83. The maximum Gasteiger partial charge on any atom is 0.145 e. The number of aliphatic hydroxyl groups is 1. The molecule has 0 saturated carbocycles. The van der Waals surface area contributed by atoms with Crippen molar-refractivity contribution in [2.45, 2.75) is 25.9 Å². The van der Waals surface area contributed by atoms with E-state index in [0.717, 1.165) is 10.9 Å². The molecule has 1 aromatic heterocycles. The van der Waals surface area contributed by atoms with Gasteiger partial charge in [-0.3, -0.25) is 4.98 Å². The zero-order chi connectivity index (χ0) is 13.2. The van der Waals surface area contributed by atoms with E-state index < -0.39 is 5.60 Å². The summed E-state index contributed by atoms with van der Waals surface area (Å²) in [7, 11) is 0. The highest BCUT2D eigenvalue weighted by molar-refractivity contribution is 5.85. The first kappa shape index (κ1) is 15.5. The minimum absolute atomic E-state index is 0. The number of fused-ring (bicyclic) bond motifs is 1. The molecule has 5 heteroatoms. The SMILES string of the molecule is CC(C)(CCO)Oc1cc2ncccc2cc1N.Cl. The third kappa shape index (κ3) is 3.72. The Hall–Kier alpha value is -1.52. The van der Waals surface area contributed by atoms with Crippen molar-refractivity contribution >= 4 is 29.0 Å². The van der Waals surface area contributed by atoms with Gasteiger partial charge >= 0.3 is 0 Å². The van der Waals surface area contributed by atoms with Gasteiger partial charge in [-0.1, -0.05) is 6.07 Å². The van der Waals surface area contributed by atoms with Crippen LogP contribution in [0.2, 0.25) is 0 Å². The molecule has 1 heterocycles. The van der Waals surface area contributed by atoms with E-state index in [1.54, 1.807) is 6.20 Å². The molecule has 0 aliphatic rings. The first-order valence-corrected chi connectivity index (χ1v) is 5.96. The summed E-state index contributed by atoms with van der Waals surface area (Å²) < 4.78 is 5.86. The van der Waals surface area contributed by atoms with E-state index in [4.69, 9.17) is 15.6 Å². The maximum absolute atomic E-state index is 9.00. The predicted octanol–water partition coefficient (Wildman–Crippen LogP) is 2.78. The Labute approximate surface area is 119 Å². The van der Waals surface area contributed by atoms with Crippen LogP contribution in [0.5, 0.6) is 5.75 Å². The molecule has 19 heavy (non-hydrogen) atoms. The largest absolute Gasteiger partial charge is 0.486 e. The number of benzene rings is 1. The van der Waals surface area contributed by atoms with E-state index in [1.807, 2.05) is 38.1 Å². The zero-order valence-corrected chi connectivity index (χ0v) is 11.9. The summed E-state index contributed by atoms with van der Waals surface area (Å²) >= 11 is 0. The number of nitrogens with zero attached hydrogens (tertiary/aromatic N) is 1. The second-order valence-corrected chi connectivity index (χ2v) is 4.92. The van der Waals surface area contributed by atoms with Gasteiger partial charge in [0.25, 0.3) is 0 Å². The minimum Gasteiger partial charge on any atom is -0.486 e. The molecule has 3 N–H and O–H groups in total. The molecule has 4 nitrogen and oxygen atoms in total. The Balaban J connectivity index is 0.00000180. The lowest BCUT2D eigenvalue weighted by atomic mass is 10.1. The van der Waals surface area contributed by atoms with Crippen molar-refractivity contribution in [2.75, 3.05) is 12.3 Å². The predicted molar refractivity (Wildman–Crippen MR) is 79.8 cm³/mol. The molecule has 0 amide bonds. The average Bonchev–Trinajstić information content (AvgIpc) is 2.29. The van der Waals surface area contributed by atoms with Crippen molar-refractivity contribution in [3.63, 3.8) is 0 Å². The number of halogens is 1. The lowest BCUT2D eigenvalue weighted by Crippen LogP contribution is -2.29. The summed E-state index contributed by atoms with van der Waals surface area (Å²) in [6, 6.07) is 7.52. The number of nitrogens with two attached hydrogens (primary N) is 1. The molecule has 0 unspecified atom stereocenters. The number of anilines is 1. The van der Waals surface area contributed by atoms with Crippen molar-refractivity contribution in [1.82, 2.24) is 4.98 Å². The van der Waals surface area contributed by atoms with Gasteiger partial charge in [-0.2, -0.15) is 0 Å². The molecule has 2 rings (SSSR count). The standard InChI is InChI=1S/C14H18N2O2.ClH/c1-14(2,5-7-17)18-13-9-12-10(8-11(13)15)4-3-6-16-12;/h3-4,6,8-9,17H,5,7,15H2,1-2H3;1H. The maximum atomic E-state index is 9.00. The van der Waals surface area contributed by atoms with Crippen LogP contribution in [-0.4, -0.2) is 22.3 Å². The molecule has 0 aliphatic carbocycles. The van der Waals surface area contributed by atoms with Crippen LogP contribution in [0.4, 0.5) is 5.69 Å². The van der Waals surface area contributed by atoms with E-state index in [-0.39, 0.29) is 19.0 Å². The quantitative estimate of drug-likeness (QED) is 0.846. The molecule has 0 bridgehead atoms. The number of ether oxygens (including phenoxy) is 1. The molecule has 0 aliphatic heterocycles. The van der Waals surface area contributed by atoms with Crippen molar-refractivity contribution in [3.05, 3.63) is 30.5 Å². The van der Waals surface area contributed by atoms with Gasteiger partial charge < -0.3 is 15.6 Å². The highest BCUT2D eigenvalue weighted by Crippen LogP contribution is 2.30. The molecule has 0 fully saturated rings. The molecule has 0 saturated heterocycles. The van der Waals surface area contributed by atoms with Gasteiger partial charge in [0.05, 0.1) is 11.2 Å². The number of pyridine rings is 1. The molecule has 1 aromatic carbocycles. The highest BCUT2D eigenvalue weighted by Gasteiger charge is 2.20. The monoisotopic (exact) mass is 282 g/mol. The highest BCUT2D eigenvalue weighted by atomic mass is 35.5. The van der Waals surface area contributed by atoms with Crippen molar-refractivity contribution in [3.8, 4) is 5.75 Å². The third-order valence-corrected chi connectivity index (χ3v) is 2.83. The van der Waals surface area contributed by atoms with Crippen LogP contribution in [0.3, 0.4) is 0 Å². The van der Waals surface area contributed by atoms with Gasteiger partial charge in [-0.05, 0) is 26.0 Å². The number of hydrogen-bond acceptors (Lipinski definition) is 4. The summed E-state index contributed by atoms with van der Waals surface area (Å²) in [5.41, 5.74) is 6.96. The van der Waals surface area contributed by atoms with Crippen LogP contribution in [0, 0.1) is 0 Å². The zero-order valence-electron chi connectivity index (χ0n) is 11.1. The smallest absolute Gasteiger partial charge is 0.145 e. The lowest BCUT2D eigenvalue weighted by molar-refractivity contribution is 0.0774. The molecule has 0 spiro atoms. The summed E-state index contributed by atoms with van der Waals surface area (Å²) in [4.78, 5) is 4.27. The molecule has 0 radical (unpaired) electrons. The fourth-order valence-electron chi connectivity index (χ4n) is 1.83. The number of hydrogen-bond donors (Lipinski definition) is 2. The Morgan fingerprint density at radius 2 is 2.11 bits per heavy atom. The minimum atomic E-state index is -0.453. The normalized spacial score (nSPS) is 11.1. The molecule has 2 aromatic rings. The van der Waals surface area contributed by atoms with Crippen LogP contribution >= 0.6 is 12.4 Å². The second kappa shape index (κ2) is 6.08. The van der Waals surface area contributed by atoms with E-state index >= 15 is 0 Å². The van der Waals surface area contributed by atoms with E-state index in [0.29, 0.717) is 17.9 Å². The Morgan fingerprint density at radius 1 is 1.37 bits per heavy atom. The van der Waals surface area contributed by atoms with Gasteiger partial charge in [-0.15, -0.1) is 12.4 Å². The summed E-state index contributed by atoms with van der Waals surface area (Å²) in [5.74, 6) is 0.611. The Kier molecular flexibility index (Phi) is 4.97. The van der Waals surface area contributed by atoms with Crippen LogP contribution < -0.4 is 10.5 Å². The Bertz CT molecular complexity index is 558. The second-order valence-electron chi connectivity index (χ2n) is 4.92. The summed E-state index contributed by atoms with van der Waals surface area (Å²) in [5, 5.41) is 9.99. The van der Waals surface area contributed by atoms with Gasteiger partial charge in [0.2, 0.25) is 0 Å². The molecule has 0 atom stereocenters. The lowest BCUT2D eigenvalue weighted by Gasteiger charge is -2.26. The van der Waals surface area contributed by atoms with Gasteiger partial charge in [0.1, 0.15) is 11.4 Å². The van der Waals surface area contributed by atoms with E-state index in [1.165, 1.54) is 0 Å². The molecule has 104 valence electrons. The first-order chi connectivity index (χ1) is 8.52. The van der Waals surface area contributed by atoms with Crippen LogP contribution in [-0.2, 0) is 0 Å². The van der Waals surface area contributed by atoms with Gasteiger partial charge in [-0.25, -0.2) is 0 Å². The van der Waals surface area contributed by atoms with Gasteiger partial charge in [0.15, 0.2) is 0 Å². The van der Waals surface area contributed by atoms with Crippen LogP contribution in [0.1, 0.15) is 20.3 Å². The van der Waals surface area contributed by atoms with Crippen molar-refractivity contribution < 1.29 is 9.84 Å². The average molecular weight is 283 g/mol. The summed E-state index contributed by atoms with van der Waals surface area (Å²) in [6.45, 7) is 3.93. The van der Waals surface area contributed by atoms with Crippen molar-refractivity contribution in [2.24, 2.45) is 0 Å². The van der Waals surface area contributed by atoms with Crippen LogP contribution in [0.15, 0.2) is 30.5 Å². The first-order valence-electron chi connectivity index (χ1n) is 5.96. The van der Waals surface area contributed by atoms with Gasteiger partial charge in [0, 0.05) is 30.7 Å². The third-order valence-electron chi connectivity index (χ3n) is 2.83. The van der Waals surface area contributed by atoms with Crippen molar-refractivity contribution in [1.29, 1.82) is 0 Å². The number of nitrogen functional groups attached to an aromatic ring is 1. The Morgan fingerprint density at radius 3 is 2.79 bits per heavy atom. The number of rotatable bonds is 4. The number of aliphatic hydroxyl groups excluding tert-OH is 1. The van der Waals surface area contributed by atoms with E-state index in [2.05, 4.69) is 4.98 Å². The molecular formula is C14H19ClN2O2. The van der Waals surface area contributed by atoms with Crippen LogP contribution in [0.25, 0.3) is 10.9 Å².